The Labute approximate surface area is 194 Å². The summed E-state index contributed by atoms with van der Waals surface area (Å²) >= 11 is 1.23. The van der Waals surface area contributed by atoms with Crippen molar-refractivity contribution in [2.24, 2.45) is 0 Å². The maximum Gasteiger partial charge on any atom is 0.231 e. The highest BCUT2D eigenvalue weighted by Crippen LogP contribution is 2.33. The van der Waals surface area contributed by atoms with Crippen LogP contribution in [0.15, 0.2) is 60.0 Å². The summed E-state index contributed by atoms with van der Waals surface area (Å²) in [7, 11) is 0. The van der Waals surface area contributed by atoms with Gasteiger partial charge in [-0.1, -0.05) is 30.0 Å². The molecule has 0 fully saturated rings. The van der Waals surface area contributed by atoms with Gasteiger partial charge in [-0.05, 0) is 49.7 Å². The quantitative estimate of drug-likeness (QED) is 0.295. The second kappa shape index (κ2) is 8.74. The third-order valence-electron chi connectivity index (χ3n) is 5.61. The molecule has 7 nitrogen and oxygen atoms in total. The van der Waals surface area contributed by atoms with Crippen LogP contribution in [0.5, 0.6) is 11.5 Å². The first kappa shape index (κ1) is 21.3. The average Bonchev–Trinajstić information content (AvgIpc) is 3.53. The first-order valence-corrected chi connectivity index (χ1v) is 11.4. The van der Waals surface area contributed by atoms with Crippen LogP contribution in [0.3, 0.4) is 0 Å². The van der Waals surface area contributed by atoms with E-state index in [0.717, 1.165) is 28.5 Å². The molecule has 0 radical (unpaired) electrons. The number of aromatic nitrogens is 4. The van der Waals surface area contributed by atoms with Crippen molar-refractivity contribution in [3.05, 3.63) is 83.2 Å². The summed E-state index contributed by atoms with van der Waals surface area (Å²) in [5, 5.41) is 8.41. The molecule has 168 valence electrons. The molecular formula is C24H21FN4O3S. The predicted octanol–water partition coefficient (Wildman–Crippen LogP) is 4.58. The van der Waals surface area contributed by atoms with Gasteiger partial charge in [0.1, 0.15) is 12.1 Å². The van der Waals surface area contributed by atoms with Crippen LogP contribution < -0.4 is 9.47 Å². The van der Waals surface area contributed by atoms with E-state index >= 15 is 0 Å². The first-order chi connectivity index (χ1) is 16.0. The largest absolute Gasteiger partial charge is 0.454 e. The molecule has 1 aliphatic heterocycles. The van der Waals surface area contributed by atoms with Crippen molar-refractivity contribution in [1.82, 2.24) is 19.3 Å². The second-order valence-electron chi connectivity index (χ2n) is 7.71. The fourth-order valence-electron chi connectivity index (χ4n) is 3.89. The SMILES string of the molecule is Cc1cc(C(=O)CSc2nncn2-c2ccccc2F)c(C)n1Cc1ccc2c(c1)OCO2. The topological polar surface area (TPSA) is 71.2 Å². The Hall–Kier alpha value is -3.59. The van der Waals surface area contributed by atoms with E-state index in [2.05, 4.69) is 14.8 Å². The number of para-hydroxylation sites is 1. The number of halogens is 1. The second-order valence-corrected chi connectivity index (χ2v) is 8.65. The number of aryl methyl sites for hydroxylation is 1. The summed E-state index contributed by atoms with van der Waals surface area (Å²) in [6.45, 7) is 4.79. The Bertz CT molecular complexity index is 1350. The highest BCUT2D eigenvalue weighted by molar-refractivity contribution is 7.99. The van der Waals surface area contributed by atoms with Crippen LogP contribution in [-0.4, -0.2) is 37.7 Å². The zero-order valence-electron chi connectivity index (χ0n) is 18.1. The molecule has 0 atom stereocenters. The number of benzene rings is 2. The Morgan fingerprint density at radius 3 is 2.79 bits per heavy atom. The van der Waals surface area contributed by atoms with E-state index in [1.54, 1.807) is 22.8 Å². The molecule has 0 amide bonds. The summed E-state index contributed by atoms with van der Waals surface area (Å²) in [5.41, 5.74) is 3.96. The summed E-state index contributed by atoms with van der Waals surface area (Å²) in [6, 6.07) is 14.2. The van der Waals surface area contributed by atoms with Crippen LogP contribution in [0.2, 0.25) is 0 Å². The zero-order chi connectivity index (χ0) is 22.9. The number of nitrogens with zero attached hydrogens (tertiary/aromatic N) is 4. The van der Waals surface area contributed by atoms with Crippen LogP contribution in [-0.2, 0) is 6.54 Å². The van der Waals surface area contributed by atoms with E-state index < -0.39 is 0 Å². The number of Topliss-reactive ketones (excluding diaryl/α,β-unsaturated/α-hetero) is 1. The Kier molecular flexibility index (Phi) is 5.63. The van der Waals surface area contributed by atoms with E-state index in [-0.39, 0.29) is 24.1 Å². The van der Waals surface area contributed by atoms with Gasteiger partial charge >= 0.3 is 0 Å². The van der Waals surface area contributed by atoms with Gasteiger partial charge in [-0.3, -0.25) is 9.36 Å². The minimum atomic E-state index is -0.377. The molecule has 4 aromatic rings. The summed E-state index contributed by atoms with van der Waals surface area (Å²) in [6.07, 6.45) is 1.45. The lowest BCUT2D eigenvalue weighted by molar-refractivity contribution is 0.102. The van der Waals surface area contributed by atoms with Crippen LogP contribution in [0.25, 0.3) is 5.69 Å². The van der Waals surface area contributed by atoms with Gasteiger partial charge in [-0.15, -0.1) is 10.2 Å². The van der Waals surface area contributed by atoms with E-state index in [0.29, 0.717) is 23.0 Å². The van der Waals surface area contributed by atoms with Gasteiger partial charge in [0.05, 0.1) is 11.4 Å². The van der Waals surface area contributed by atoms with Crippen LogP contribution in [0, 0.1) is 19.7 Å². The van der Waals surface area contributed by atoms with E-state index in [1.807, 2.05) is 38.1 Å². The lowest BCUT2D eigenvalue weighted by Gasteiger charge is -2.11. The number of hydrogen-bond acceptors (Lipinski definition) is 6. The number of carbonyl (C=O) groups is 1. The van der Waals surface area contributed by atoms with Crippen molar-refractivity contribution in [2.45, 2.75) is 25.5 Å². The third-order valence-corrected chi connectivity index (χ3v) is 6.56. The number of ether oxygens (including phenoxy) is 2. The van der Waals surface area contributed by atoms with Gasteiger partial charge < -0.3 is 14.0 Å². The van der Waals surface area contributed by atoms with Gasteiger partial charge in [0.25, 0.3) is 0 Å². The Morgan fingerprint density at radius 2 is 1.94 bits per heavy atom. The molecule has 2 aromatic heterocycles. The van der Waals surface area contributed by atoms with E-state index in [4.69, 9.17) is 9.47 Å². The number of ketones is 1. The normalized spacial score (nSPS) is 12.3. The summed E-state index contributed by atoms with van der Waals surface area (Å²) in [5.74, 6) is 1.25. The minimum absolute atomic E-state index is 0.0203. The molecule has 2 aromatic carbocycles. The molecule has 3 heterocycles. The monoisotopic (exact) mass is 464 g/mol. The number of hydrogen-bond donors (Lipinski definition) is 0. The van der Waals surface area contributed by atoms with Gasteiger partial charge in [0.2, 0.25) is 6.79 Å². The number of rotatable bonds is 7. The molecule has 9 heteroatoms. The molecule has 0 spiro atoms. The number of thioether (sulfide) groups is 1. The molecular weight excluding hydrogens is 443 g/mol. The molecule has 5 rings (SSSR count). The van der Waals surface area contributed by atoms with Gasteiger partial charge in [-0.25, -0.2) is 4.39 Å². The molecule has 33 heavy (non-hydrogen) atoms. The lowest BCUT2D eigenvalue weighted by Crippen LogP contribution is -2.08. The van der Waals surface area contributed by atoms with Crippen molar-refractivity contribution < 1.29 is 18.7 Å². The maximum atomic E-state index is 14.2. The van der Waals surface area contributed by atoms with E-state index in [9.17, 15) is 9.18 Å². The number of carbonyl (C=O) groups excluding carboxylic acids is 1. The third kappa shape index (κ3) is 4.11. The van der Waals surface area contributed by atoms with Gasteiger partial charge in [0.15, 0.2) is 22.4 Å². The number of fused-ring (bicyclic) bond motifs is 1. The fraction of sp³-hybridized carbons (Fsp3) is 0.208. The smallest absolute Gasteiger partial charge is 0.231 e. The lowest BCUT2D eigenvalue weighted by atomic mass is 10.1. The molecule has 0 bridgehead atoms. The molecule has 0 saturated heterocycles. The molecule has 0 N–H and O–H groups in total. The summed E-state index contributed by atoms with van der Waals surface area (Å²) < 4.78 is 28.7. The minimum Gasteiger partial charge on any atom is -0.454 e. The maximum absolute atomic E-state index is 14.2. The molecule has 0 aliphatic carbocycles. The molecule has 0 saturated carbocycles. The van der Waals surface area contributed by atoms with Crippen LogP contribution in [0.1, 0.15) is 27.3 Å². The first-order valence-electron chi connectivity index (χ1n) is 10.4. The fourth-order valence-corrected chi connectivity index (χ4v) is 4.70. The van der Waals surface area contributed by atoms with Gasteiger partial charge in [0, 0.05) is 23.5 Å². The highest BCUT2D eigenvalue weighted by atomic mass is 32.2. The standard InChI is InChI=1S/C24H21FN4O3S/c1-15-9-18(16(2)28(15)11-17-7-8-22-23(10-17)32-14-31-22)21(30)12-33-24-27-26-13-29(24)20-6-4-3-5-19(20)25/h3-10,13H,11-12,14H2,1-2H3. The van der Waals surface area contributed by atoms with Crippen molar-refractivity contribution in [3.63, 3.8) is 0 Å². The highest BCUT2D eigenvalue weighted by Gasteiger charge is 2.19. The average molecular weight is 465 g/mol. The summed E-state index contributed by atoms with van der Waals surface area (Å²) in [4.78, 5) is 13.0. The van der Waals surface area contributed by atoms with Crippen molar-refractivity contribution in [2.75, 3.05) is 12.5 Å². The van der Waals surface area contributed by atoms with Crippen LogP contribution >= 0.6 is 11.8 Å². The molecule has 0 unspecified atom stereocenters. The Balaban J connectivity index is 1.32. The van der Waals surface area contributed by atoms with Crippen molar-refractivity contribution in [3.8, 4) is 17.2 Å². The predicted molar refractivity (Wildman–Crippen MR) is 122 cm³/mol. The van der Waals surface area contributed by atoms with Crippen molar-refractivity contribution >= 4 is 17.5 Å². The Morgan fingerprint density at radius 1 is 1.12 bits per heavy atom. The van der Waals surface area contributed by atoms with Gasteiger partial charge in [-0.2, -0.15) is 0 Å². The van der Waals surface area contributed by atoms with E-state index in [1.165, 1.54) is 24.2 Å². The van der Waals surface area contributed by atoms with Crippen LogP contribution in [0.4, 0.5) is 4.39 Å². The zero-order valence-corrected chi connectivity index (χ0v) is 18.9. The molecule has 1 aliphatic rings. The van der Waals surface area contributed by atoms with Crippen molar-refractivity contribution in [1.29, 1.82) is 0 Å².